The zero-order valence-corrected chi connectivity index (χ0v) is 22.8. The number of H-pyrrole nitrogens is 1. The van der Waals surface area contributed by atoms with Gasteiger partial charge in [0.05, 0.1) is 31.8 Å². The molecule has 0 radical (unpaired) electrons. The van der Waals surface area contributed by atoms with Crippen molar-refractivity contribution >= 4 is 11.8 Å². The first kappa shape index (κ1) is 28.8. The summed E-state index contributed by atoms with van der Waals surface area (Å²) in [4.78, 5) is 32.0. The maximum absolute atomic E-state index is 12.8. The Morgan fingerprint density at radius 1 is 1.27 bits per heavy atom. The van der Waals surface area contributed by atoms with Crippen LogP contribution in [0.4, 0.5) is 0 Å². The van der Waals surface area contributed by atoms with Gasteiger partial charge in [-0.15, -0.1) is 5.10 Å². The van der Waals surface area contributed by atoms with Gasteiger partial charge < -0.3 is 25.1 Å². The summed E-state index contributed by atoms with van der Waals surface area (Å²) < 4.78 is 13.9. The van der Waals surface area contributed by atoms with E-state index in [4.69, 9.17) is 9.47 Å². The van der Waals surface area contributed by atoms with E-state index in [1.54, 1.807) is 31.1 Å². The second-order valence-electron chi connectivity index (χ2n) is 11.3. The molecule has 3 atom stereocenters. The molecule has 1 fully saturated rings. The van der Waals surface area contributed by atoms with Gasteiger partial charge in [0.1, 0.15) is 11.7 Å². The number of aromatic amines is 1. The average Bonchev–Trinajstić information content (AvgIpc) is 3.51. The van der Waals surface area contributed by atoms with Crippen molar-refractivity contribution in [1.82, 2.24) is 35.6 Å². The first-order valence-electron chi connectivity index (χ1n) is 13.3. The third-order valence-corrected chi connectivity index (χ3v) is 6.15. The number of aromatic nitrogens is 5. The highest BCUT2D eigenvalue weighted by atomic mass is 16.7. The van der Waals surface area contributed by atoms with E-state index in [1.807, 2.05) is 6.20 Å². The molecule has 3 N–H and O–H groups in total. The number of nitrogens with one attached hydrogen (secondary N) is 3. The number of rotatable bonds is 13. The van der Waals surface area contributed by atoms with Crippen molar-refractivity contribution in [2.24, 2.45) is 11.3 Å². The van der Waals surface area contributed by atoms with Crippen LogP contribution in [0.5, 0.6) is 0 Å². The number of nitrogens with zero attached hydrogens (tertiary/aromatic N) is 4. The highest BCUT2D eigenvalue weighted by Crippen LogP contribution is 2.29. The Kier molecular flexibility index (Phi) is 10.6. The third-order valence-electron chi connectivity index (χ3n) is 6.15. The summed E-state index contributed by atoms with van der Waals surface area (Å²) in [5.41, 5.74) is 1.66. The molecule has 2 aromatic rings. The van der Waals surface area contributed by atoms with Crippen molar-refractivity contribution in [1.29, 1.82) is 0 Å². The smallest absolute Gasteiger partial charge is 0.243 e. The fourth-order valence-electron chi connectivity index (χ4n) is 4.25. The summed E-state index contributed by atoms with van der Waals surface area (Å²) in [7, 11) is 0. The summed E-state index contributed by atoms with van der Waals surface area (Å²) in [5.74, 6) is -0.699. The SMILES string of the molecule is CC(C)C(=O)NC(Cc1cnc[nH]1)C(=O)NCc1cn(CCCOC2CCCC(CC(C)(C)C)O2)nn1. The zero-order chi connectivity index (χ0) is 26.8. The van der Waals surface area contributed by atoms with Crippen LogP contribution in [-0.4, -0.2) is 61.8 Å². The van der Waals surface area contributed by atoms with E-state index in [9.17, 15) is 9.59 Å². The largest absolute Gasteiger partial charge is 0.353 e. The molecule has 206 valence electrons. The van der Waals surface area contributed by atoms with Crippen LogP contribution in [0.15, 0.2) is 18.7 Å². The Hall–Kier alpha value is -2.79. The summed E-state index contributed by atoms with van der Waals surface area (Å²) in [6, 6.07) is -0.715. The lowest BCUT2D eigenvalue weighted by atomic mass is 9.87. The first-order valence-corrected chi connectivity index (χ1v) is 13.3. The van der Waals surface area contributed by atoms with Crippen LogP contribution in [-0.2, 0) is 38.6 Å². The lowest BCUT2D eigenvalue weighted by Gasteiger charge is -2.33. The van der Waals surface area contributed by atoms with Gasteiger partial charge >= 0.3 is 0 Å². The fraction of sp³-hybridized carbons (Fsp3) is 0.731. The number of imidazole rings is 1. The van der Waals surface area contributed by atoms with E-state index in [1.165, 1.54) is 0 Å². The van der Waals surface area contributed by atoms with Gasteiger partial charge in [-0.1, -0.05) is 39.8 Å². The maximum Gasteiger partial charge on any atom is 0.243 e. The Balaban J connectivity index is 1.39. The van der Waals surface area contributed by atoms with Crippen LogP contribution < -0.4 is 10.6 Å². The molecular formula is C26H43N7O4. The molecule has 3 heterocycles. The second kappa shape index (κ2) is 13.7. The average molecular weight is 518 g/mol. The summed E-state index contributed by atoms with van der Waals surface area (Å²) in [5, 5.41) is 14.0. The molecule has 3 unspecified atom stereocenters. The van der Waals surface area contributed by atoms with E-state index in [0.29, 0.717) is 25.3 Å². The minimum absolute atomic E-state index is 0.131. The van der Waals surface area contributed by atoms with Crippen molar-refractivity contribution in [2.45, 2.75) is 105 Å². The molecule has 1 aliphatic heterocycles. The highest BCUT2D eigenvalue weighted by Gasteiger charge is 2.27. The predicted octanol–water partition coefficient (Wildman–Crippen LogP) is 2.74. The van der Waals surface area contributed by atoms with E-state index in [2.05, 4.69) is 51.7 Å². The molecule has 2 aromatic heterocycles. The zero-order valence-electron chi connectivity index (χ0n) is 22.8. The number of carbonyl (C=O) groups excluding carboxylic acids is 2. The number of ether oxygens (including phenoxy) is 2. The standard InChI is InChI=1S/C26H43N7O4/c1-18(2)24(34)30-22(12-19-14-27-17-29-19)25(35)28-15-20-16-33(32-31-20)10-7-11-36-23-9-6-8-21(37-23)13-26(3,4)5/h14,16-18,21-23H,6-13,15H2,1-5H3,(H,27,29)(H,28,35)(H,30,34). The Bertz CT molecular complexity index is 968. The van der Waals surface area contributed by atoms with E-state index in [-0.39, 0.29) is 42.1 Å². The van der Waals surface area contributed by atoms with Crippen LogP contribution in [0, 0.1) is 11.3 Å². The van der Waals surface area contributed by atoms with Gasteiger partial charge in [-0.25, -0.2) is 4.98 Å². The molecular weight excluding hydrogens is 474 g/mol. The van der Waals surface area contributed by atoms with Gasteiger partial charge in [0.15, 0.2) is 6.29 Å². The number of hydrogen-bond donors (Lipinski definition) is 3. The number of aryl methyl sites for hydroxylation is 1. The minimum atomic E-state index is -0.715. The summed E-state index contributed by atoms with van der Waals surface area (Å²) in [6.45, 7) is 11.8. The van der Waals surface area contributed by atoms with Crippen LogP contribution in [0.3, 0.4) is 0 Å². The quantitative estimate of drug-likeness (QED) is 0.348. The highest BCUT2D eigenvalue weighted by molar-refractivity contribution is 5.88. The Labute approximate surface area is 219 Å². The van der Waals surface area contributed by atoms with Crippen LogP contribution in [0.1, 0.15) is 78.1 Å². The third kappa shape index (κ3) is 10.2. The molecule has 2 amide bonds. The lowest BCUT2D eigenvalue weighted by molar-refractivity contribution is -0.199. The minimum Gasteiger partial charge on any atom is -0.353 e. The van der Waals surface area contributed by atoms with Crippen molar-refractivity contribution in [3.05, 3.63) is 30.1 Å². The van der Waals surface area contributed by atoms with Gasteiger partial charge in [-0.3, -0.25) is 14.3 Å². The van der Waals surface area contributed by atoms with Gasteiger partial charge in [-0.05, 0) is 37.5 Å². The van der Waals surface area contributed by atoms with Crippen molar-refractivity contribution in [2.75, 3.05) is 6.61 Å². The second-order valence-corrected chi connectivity index (χ2v) is 11.3. The van der Waals surface area contributed by atoms with Crippen LogP contribution in [0.2, 0.25) is 0 Å². The number of carbonyl (C=O) groups is 2. The molecule has 0 aromatic carbocycles. The van der Waals surface area contributed by atoms with E-state index < -0.39 is 6.04 Å². The maximum atomic E-state index is 12.8. The summed E-state index contributed by atoms with van der Waals surface area (Å²) >= 11 is 0. The number of hydrogen-bond acceptors (Lipinski definition) is 7. The molecule has 0 aliphatic carbocycles. The molecule has 0 saturated carbocycles. The van der Waals surface area contributed by atoms with Crippen molar-refractivity contribution < 1.29 is 19.1 Å². The van der Waals surface area contributed by atoms with Crippen LogP contribution in [0.25, 0.3) is 0 Å². The van der Waals surface area contributed by atoms with Gasteiger partial charge in [0, 0.05) is 30.8 Å². The molecule has 11 nitrogen and oxygen atoms in total. The predicted molar refractivity (Wildman–Crippen MR) is 138 cm³/mol. The number of amides is 2. The monoisotopic (exact) mass is 517 g/mol. The normalized spacial score (nSPS) is 19.1. The van der Waals surface area contributed by atoms with Crippen molar-refractivity contribution in [3.8, 4) is 0 Å². The van der Waals surface area contributed by atoms with Crippen LogP contribution >= 0.6 is 0 Å². The molecule has 0 spiro atoms. The van der Waals surface area contributed by atoms with Crippen molar-refractivity contribution in [3.63, 3.8) is 0 Å². The Morgan fingerprint density at radius 3 is 2.78 bits per heavy atom. The molecule has 11 heteroatoms. The topological polar surface area (TPSA) is 136 Å². The van der Waals surface area contributed by atoms with Gasteiger partial charge in [0.25, 0.3) is 0 Å². The Morgan fingerprint density at radius 2 is 2.08 bits per heavy atom. The van der Waals surface area contributed by atoms with E-state index in [0.717, 1.165) is 37.8 Å². The van der Waals surface area contributed by atoms with E-state index >= 15 is 0 Å². The molecule has 3 rings (SSSR count). The first-order chi connectivity index (χ1) is 17.6. The molecule has 1 aliphatic rings. The van der Waals surface area contributed by atoms with Gasteiger partial charge in [0.2, 0.25) is 11.8 Å². The molecule has 1 saturated heterocycles. The molecule has 37 heavy (non-hydrogen) atoms. The lowest BCUT2D eigenvalue weighted by Crippen LogP contribution is -2.49. The molecule has 0 bridgehead atoms. The fourth-order valence-corrected chi connectivity index (χ4v) is 4.25. The van der Waals surface area contributed by atoms with Gasteiger partial charge in [-0.2, -0.15) is 0 Å². The summed E-state index contributed by atoms with van der Waals surface area (Å²) in [6.07, 6.45) is 10.4.